The number of sulfonamides is 1. The Morgan fingerprint density at radius 1 is 1.10 bits per heavy atom. The van der Waals surface area contributed by atoms with Crippen LogP contribution in [0.5, 0.6) is 0 Å². The highest BCUT2D eigenvalue weighted by atomic mass is 32.2. The van der Waals surface area contributed by atoms with E-state index in [9.17, 15) is 8.42 Å². The van der Waals surface area contributed by atoms with Gasteiger partial charge in [0.15, 0.2) is 0 Å². The van der Waals surface area contributed by atoms with Gasteiger partial charge in [-0.25, -0.2) is 13.1 Å². The van der Waals surface area contributed by atoms with Crippen molar-refractivity contribution in [1.82, 2.24) is 10.0 Å². The minimum atomic E-state index is -3.38. The molecular weight excluding hydrogens is 272 g/mol. The molecule has 2 fully saturated rings. The van der Waals surface area contributed by atoms with Gasteiger partial charge in [0.05, 0.1) is 4.90 Å². The fourth-order valence-electron chi connectivity index (χ4n) is 3.41. The van der Waals surface area contributed by atoms with E-state index in [1.807, 2.05) is 19.1 Å². The summed E-state index contributed by atoms with van der Waals surface area (Å²) in [6.07, 6.45) is 3.04. The van der Waals surface area contributed by atoms with Crippen molar-refractivity contribution in [1.29, 1.82) is 0 Å². The van der Waals surface area contributed by atoms with E-state index in [4.69, 9.17) is 0 Å². The molecule has 1 unspecified atom stereocenters. The normalized spacial score (nSPS) is 30.1. The first kappa shape index (κ1) is 14.0. The quantitative estimate of drug-likeness (QED) is 0.891. The molecule has 1 aromatic rings. The average Bonchev–Trinajstić information content (AvgIpc) is 2.86. The van der Waals surface area contributed by atoms with E-state index >= 15 is 0 Å². The SMILES string of the molecule is Cc1ccc(S(=O)(=O)NC2CC[C@H]3CNC[C@H]3C2)cc1. The number of rotatable bonds is 3. The molecule has 2 aliphatic rings. The first-order valence-corrected chi connectivity index (χ1v) is 8.82. The summed E-state index contributed by atoms with van der Waals surface area (Å²) in [5.74, 6) is 1.38. The highest BCUT2D eigenvalue weighted by Crippen LogP contribution is 2.33. The van der Waals surface area contributed by atoms with Crippen LogP contribution in [0.15, 0.2) is 29.2 Å². The molecule has 1 saturated heterocycles. The molecule has 2 N–H and O–H groups in total. The Morgan fingerprint density at radius 3 is 2.55 bits per heavy atom. The molecule has 3 atom stereocenters. The van der Waals surface area contributed by atoms with Gasteiger partial charge in [-0.05, 0) is 63.2 Å². The highest BCUT2D eigenvalue weighted by molar-refractivity contribution is 7.89. The number of fused-ring (bicyclic) bond motifs is 1. The molecule has 4 nitrogen and oxygen atoms in total. The summed E-state index contributed by atoms with van der Waals surface area (Å²) in [5, 5.41) is 3.41. The third-order valence-electron chi connectivity index (χ3n) is 4.61. The van der Waals surface area contributed by atoms with Crippen molar-refractivity contribution in [3.63, 3.8) is 0 Å². The van der Waals surface area contributed by atoms with Crippen molar-refractivity contribution in [2.45, 2.75) is 37.1 Å². The maximum absolute atomic E-state index is 12.4. The molecule has 0 bridgehead atoms. The molecule has 0 aromatic heterocycles. The van der Waals surface area contributed by atoms with E-state index in [-0.39, 0.29) is 6.04 Å². The first-order chi connectivity index (χ1) is 9.54. The van der Waals surface area contributed by atoms with Crippen molar-refractivity contribution in [3.8, 4) is 0 Å². The van der Waals surface area contributed by atoms with E-state index in [0.717, 1.165) is 43.8 Å². The van der Waals surface area contributed by atoms with Crippen LogP contribution in [-0.2, 0) is 10.0 Å². The van der Waals surface area contributed by atoms with Crippen molar-refractivity contribution < 1.29 is 8.42 Å². The monoisotopic (exact) mass is 294 g/mol. The minimum absolute atomic E-state index is 0.0856. The molecule has 1 aliphatic heterocycles. The molecule has 0 spiro atoms. The molecule has 20 heavy (non-hydrogen) atoms. The van der Waals surface area contributed by atoms with E-state index < -0.39 is 10.0 Å². The van der Waals surface area contributed by atoms with Gasteiger partial charge in [-0.1, -0.05) is 17.7 Å². The Bertz CT molecular complexity index is 568. The lowest BCUT2D eigenvalue weighted by atomic mass is 9.79. The Balaban J connectivity index is 1.69. The van der Waals surface area contributed by atoms with Gasteiger partial charge in [-0.2, -0.15) is 0 Å². The van der Waals surface area contributed by atoms with Crippen molar-refractivity contribution in [2.24, 2.45) is 11.8 Å². The fourth-order valence-corrected chi connectivity index (χ4v) is 4.69. The second-order valence-electron chi connectivity index (χ2n) is 6.12. The van der Waals surface area contributed by atoms with Gasteiger partial charge in [0.25, 0.3) is 0 Å². The fraction of sp³-hybridized carbons (Fsp3) is 0.600. The number of hydrogen-bond donors (Lipinski definition) is 2. The lowest BCUT2D eigenvalue weighted by molar-refractivity contribution is 0.260. The lowest BCUT2D eigenvalue weighted by Gasteiger charge is -2.31. The van der Waals surface area contributed by atoms with E-state index in [0.29, 0.717) is 10.8 Å². The Morgan fingerprint density at radius 2 is 1.80 bits per heavy atom. The summed E-state index contributed by atoms with van der Waals surface area (Å²) in [5.41, 5.74) is 1.07. The summed E-state index contributed by atoms with van der Waals surface area (Å²) in [4.78, 5) is 0.370. The number of aryl methyl sites for hydroxylation is 1. The van der Waals surface area contributed by atoms with Crippen LogP contribution in [0.1, 0.15) is 24.8 Å². The molecular formula is C15H22N2O2S. The first-order valence-electron chi connectivity index (χ1n) is 7.34. The maximum Gasteiger partial charge on any atom is 0.240 e. The van der Waals surface area contributed by atoms with Crippen LogP contribution in [0.25, 0.3) is 0 Å². The van der Waals surface area contributed by atoms with Crippen LogP contribution in [0.2, 0.25) is 0 Å². The molecule has 1 heterocycles. The van der Waals surface area contributed by atoms with Crippen molar-refractivity contribution in [2.75, 3.05) is 13.1 Å². The van der Waals surface area contributed by atoms with E-state index in [2.05, 4.69) is 10.0 Å². The molecule has 1 saturated carbocycles. The van der Waals surface area contributed by atoms with Crippen LogP contribution in [0, 0.1) is 18.8 Å². The Hall–Kier alpha value is -0.910. The predicted molar refractivity (Wildman–Crippen MR) is 79.0 cm³/mol. The van der Waals surface area contributed by atoms with Gasteiger partial charge in [0, 0.05) is 6.04 Å². The zero-order chi connectivity index (χ0) is 14.2. The topological polar surface area (TPSA) is 58.2 Å². The molecule has 1 aliphatic carbocycles. The highest BCUT2D eigenvalue weighted by Gasteiger charge is 2.35. The smallest absolute Gasteiger partial charge is 0.240 e. The van der Waals surface area contributed by atoms with Gasteiger partial charge in [0.1, 0.15) is 0 Å². The molecule has 0 radical (unpaired) electrons. The third kappa shape index (κ3) is 2.90. The van der Waals surface area contributed by atoms with Gasteiger partial charge in [-0.3, -0.25) is 0 Å². The number of benzene rings is 1. The van der Waals surface area contributed by atoms with Crippen LogP contribution in [0.4, 0.5) is 0 Å². The summed E-state index contributed by atoms with van der Waals surface area (Å²) in [6, 6.07) is 7.13. The molecule has 3 rings (SSSR count). The van der Waals surface area contributed by atoms with Crippen molar-refractivity contribution >= 4 is 10.0 Å². The average molecular weight is 294 g/mol. The summed E-state index contributed by atoms with van der Waals surface area (Å²) in [7, 11) is -3.38. The van der Waals surface area contributed by atoms with Crippen LogP contribution in [0.3, 0.4) is 0 Å². The second-order valence-corrected chi connectivity index (χ2v) is 7.84. The maximum atomic E-state index is 12.4. The largest absolute Gasteiger partial charge is 0.316 e. The van der Waals surface area contributed by atoms with E-state index in [1.54, 1.807) is 12.1 Å². The molecule has 0 amide bonds. The summed E-state index contributed by atoms with van der Waals surface area (Å²) in [6.45, 7) is 4.09. The van der Waals surface area contributed by atoms with Gasteiger partial charge >= 0.3 is 0 Å². The van der Waals surface area contributed by atoms with Crippen LogP contribution >= 0.6 is 0 Å². The standard InChI is InChI=1S/C15H22N2O2S/c1-11-2-6-15(7-3-11)20(18,19)17-14-5-4-12-9-16-10-13(12)8-14/h2-3,6-7,12-14,16-17H,4-5,8-10H2,1H3/t12-,13+,14?/m0/s1. The third-order valence-corrected chi connectivity index (χ3v) is 6.14. The molecule has 1 aromatic carbocycles. The summed E-state index contributed by atoms with van der Waals surface area (Å²) >= 11 is 0. The molecule has 5 heteroatoms. The Kier molecular flexibility index (Phi) is 3.84. The van der Waals surface area contributed by atoms with Crippen LogP contribution < -0.4 is 10.0 Å². The Labute approximate surface area is 121 Å². The predicted octanol–water partition coefficient (Wildman–Crippen LogP) is 1.66. The lowest BCUT2D eigenvalue weighted by Crippen LogP contribution is -2.40. The second kappa shape index (κ2) is 5.47. The van der Waals surface area contributed by atoms with Gasteiger partial charge in [0.2, 0.25) is 10.0 Å². The zero-order valence-corrected chi connectivity index (χ0v) is 12.6. The zero-order valence-electron chi connectivity index (χ0n) is 11.8. The minimum Gasteiger partial charge on any atom is -0.316 e. The van der Waals surface area contributed by atoms with Gasteiger partial charge < -0.3 is 5.32 Å². The molecule has 110 valence electrons. The van der Waals surface area contributed by atoms with Crippen LogP contribution in [-0.4, -0.2) is 27.5 Å². The summed E-state index contributed by atoms with van der Waals surface area (Å²) < 4.78 is 27.6. The van der Waals surface area contributed by atoms with Gasteiger partial charge in [-0.15, -0.1) is 0 Å². The number of nitrogens with one attached hydrogen (secondary N) is 2. The number of hydrogen-bond acceptors (Lipinski definition) is 3. The van der Waals surface area contributed by atoms with Crippen molar-refractivity contribution in [3.05, 3.63) is 29.8 Å². The van der Waals surface area contributed by atoms with E-state index in [1.165, 1.54) is 0 Å².